The van der Waals surface area contributed by atoms with E-state index in [2.05, 4.69) is 20.3 Å². The van der Waals surface area contributed by atoms with Crippen LogP contribution in [0.1, 0.15) is 13.8 Å². The summed E-state index contributed by atoms with van der Waals surface area (Å²) in [4.78, 5) is 29.6. The minimum absolute atomic E-state index is 0. The molecule has 0 saturated heterocycles. The largest absolute Gasteiger partial charge is 0.428 e. The van der Waals surface area contributed by atoms with Gasteiger partial charge >= 0.3 is 12.2 Å². The fourth-order valence-corrected chi connectivity index (χ4v) is 0.457. The monoisotopic (exact) mass is 227 g/mol. The van der Waals surface area contributed by atoms with Gasteiger partial charge in [0.1, 0.15) is 0 Å². The van der Waals surface area contributed by atoms with Gasteiger partial charge in [0.05, 0.1) is 0 Å². The maximum atomic E-state index is 10.6. The van der Waals surface area contributed by atoms with Gasteiger partial charge in [0, 0.05) is 18.7 Å². The van der Waals surface area contributed by atoms with Gasteiger partial charge in [-0.1, -0.05) is 0 Å². The molecule has 84 valence electrons. The van der Waals surface area contributed by atoms with Crippen LogP contribution in [0.5, 0.6) is 0 Å². The molecule has 0 spiro atoms. The van der Waals surface area contributed by atoms with E-state index in [9.17, 15) is 9.59 Å². The average molecular weight is 228 g/mol. The number of amides is 2. The third-order valence-electron chi connectivity index (χ3n) is 0.911. The van der Waals surface area contributed by atoms with Gasteiger partial charge < -0.3 is 20.3 Å². The van der Waals surface area contributed by atoms with Gasteiger partial charge in [0.15, 0.2) is 0 Å². The summed E-state index contributed by atoms with van der Waals surface area (Å²) < 4.78 is 0. The number of carbonyl (C=O) groups excluding carboxylic acids is 2. The van der Waals surface area contributed by atoms with Crippen molar-refractivity contribution in [2.75, 3.05) is 13.1 Å². The summed E-state index contributed by atoms with van der Waals surface area (Å²) in [5.41, 5.74) is 1.73. The van der Waals surface area contributed by atoms with Crippen LogP contribution >= 0.6 is 12.4 Å². The summed E-state index contributed by atoms with van der Waals surface area (Å²) in [6.07, 6.45) is -1.43. The van der Waals surface area contributed by atoms with Crippen LogP contribution in [-0.2, 0) is 9.68 Å². The standard InChI is InChI=1S/C6H13N3O4.ClH/c1-3-7-5(10)12-9-13-6(11)8-4-2;/h9H,3-4H2,1-2H3,(H,7,10)(H,8,11);1H. The molecule has 0 saturated carbocycles. The van der Waals surface area contributed by atoms with E-state index in [1.54, 1.807) is 19.5 Å². The molecule has 8 heteroatoms. The lowest BCUT2D eigenvalue weighted by Crippen LogP contribution is -2.34. The zero-order valence-electron chi connectivity index (χ0n) is 7.96. The molecule has 0 heterocycles. The van der Waals surface area contributed by atoms with Crippen LogP contribution in [-0.4, -0.2) is 25.3 Å². The lowest BCUT2D eigenvalue weighted by atomic mass is 10.8. The van der Waals surface area contributed by atoms with E-state index in [0.717, 1.165) is 0 Å². The van der Waals surface area contributed by atoms with Gasteiger partial charge in [-0.3, -0.25) is 0 Å². The fraction of sp³-hybridized carbons (Fsp3) is 0.667. The predicted molar refractivity (Wildman–Crippen MR) is 50.7 cm³/mol. The van der Waals surface area contributed by atoms with Crippen molar-refractivity contribution in [1.29, 1.82) is 0 Å². The van der Waals surface area contributed by atoms with E-state index >= 15 is 0 Å². The van der Waals surface area contributed by atoms with Gasteiger partial charge in [0.2, 0.25) is 0 Å². The Hall–Kier alpha value is -1.21. The van der Waals surface area contributed by atoms with Crippen molar-refractivity contribution in [3.63, 3.8) is 0 Å². The molecule has 0 atom stereocenters. The first-order valence-corrected chi connectivity index (χ1v) is 3.85. The fourth-order valence-electron chi connectivity index (χ4n) is 0.457. The van der Waals surface area contributed by atoms with E-state index in [4.69, 9.17) is 0 Å². The van der Waals surface area contributed by atoms with E-state index in [1.165, 1.54) is 0 Å². The molecule has 0 aromatic heterocycles. The first-order chi connectivity index (χ1) is 6.20. The van der Waals surface area contributed by atoms with Crippen molar-refractivity contribution in [2.24, 2.45) is 0 Å². The van der Waals surface area contributed by atoms with E-state index in [-0.39, 0.29) is 12.4 Å². The Morgan fingerprint density at radius 2 is 1.36 bits per heavy atom. The van der Waals surface area contributed by atoms with Crippen LogP contribution in [0.4, 0.5) is 9.59 Å². The first kappa shape index (κ1) is 15.3. The molecule has 0 radical (unpaired) electrons. The third-order valence-corrected chi connectivity index (χ3v) is 0.911. The van der Waals surface area contributed by atoms with Crippen LogP contribution in [0.15, 0.2) is 0 Å². The van der Waals surface area contributed by atoms with Gasteiger partial charge in [-0.05, 0) is 13.8 Å². The Morgan fingerprint density at radius 1 is 1.00 bits per heavy atom. The van der Waals surface area contributed by atoms with Crippen molar-refractivity contribution in [3.8, 4) is 0 Å². The molecule has 0 aliphatic heterocycles. The highest BCUT2D eigenvalue weighted by molar-refractivity contribution is 5.85. The normalized spacial score (nSPS) is 8.14. The summed E-state index contributed by atoms with van der Waals surface area (Å²) in [5.74, 6) is 0. The molecule has 0 aliphatic rings. The third kappa shape index (κ3) is 8.88. The maximum absolute atomic E-state index is 10.6. The highest BCUT2D eigenvalue weighted by atomic mass is 35.5. The molecule has 3 N–H and O–H groups in total. The van der Waals surface area contributed by atoms with Crippen molar-refractivity contribution in [2.45, 2.75) is 13.8 Å². The second-order valence-corrected chi connectivity index (χ2v) is 1.92. The Bertz CT molecular complexity index is 160. The minimum atomic E-state index is -0.716. The molecule has 14 heavy (non-hydrogen) atoms. The molecule has 0 aliphatic carbocycles. The Kier molecular flexibility index (Phi) is 10.8. The van der Waals surface area contributed by atoms with Gasteiger partial charge in [-0.25, -0.2) is 9.59 Å². The molecule has 0 rings (SSSR count). The molecule has 0 unspecified atom stereocenters. The summed E-state index contributed by atoms with van der Waals surface area (Å²) in [6, 6.07) is 0. The number of hydrogen-bond acceptors (Lipinski definition) is 5. The maximum Gasteiger partial charge on any atom is 0.428 e. The second-order valence-electron chi connectivity index (χ2n) is 1.92. The highest BCUT2D eigenvalue weighted by Crippen LogP contribution is 1.74. The van der Waals surface area contributed by atoms with Crippen molar-refractivity contribution in [3.05, 3.63) is 0 Å². The molecule has 0 bridgehead atoms. The van der Waals surface area contributed by atoms with E-state index in [0.29, 0.717) is 13.1 Å². The Balaban J connectivity index is 0. The summed E-state index contributed by atoms with van der Waals surface area (Å²) in [7, 11) is 0. The molecular formula is C6H14ClN3O4. The minimum Gasteiger partial charge on any atom is -0.320 e. The lowest BCUT2D eigenvalue weighted by Gasteiger charge is -2.05. The SMILES string of the molecule is CCNC(=O)ONOC(=O)NCC.Cl. The molecule has 2 amide bonds. The van der Waals surface area contributed by atoms with E-state index < -0.39 is 12.2 Å². The zero-order chi connectivity index (χ0) is 10.1. The van der Waals surface area contributed by atoms with Crippen LogP contribution in [0.3, 0.4) is 0 Å². The number of halogens is 1. The number of carbonyl (C=O) groups is 2. The van der Waals surface area contributed by atoms with Crippen LogP contribution < -0.4 is 16.3 Å². The second kappa shape index (κ2) is 9.87. The van der Waals surface area contributed by atoms with E-state index in [1.807, 2.05) is 0 Å². The van der Waals surface area contributed by atoms with Crippen molar-refractivity contribution < 1.29 is 19.3 Å². The molecular weight excluding hydrogens is 214 g/mol. The number of nitrogens with one attached hydrogen (secondary N) is 3. The molecule has 0 aromatic rings. The van der Waals surface area contributed by atoms with Crippen LogP contribution in [0.25, 0.3) is 0 Å². The smallest absolute Gasteiger partial charge is 0.320 e. The predicted octanol–water partition coefficient (Wildman–Crippen LogP) is 0.320. The summed E-state index contributed by atoms with van der Waals surface area (Å²) >= 11 is 0. The average Bonchev–Trinajstić information content (AvgIpc) is 2.05. The van der Waals surface area contributed by atoms with Gasteiger partial charge in [0.25, 0.3) is 0 Å². The van der Waals surface area contributed by atoms with Crippen LogP contribution in [0, 0.1) is 0 Å². The Labute approximate surface area is 87.8 Å². The highest BCUT2D eigenvalue weighted by Gasteiger charge is 2.02. The molecule has 0 fully saturated rings. The molecule has 7 nitrogen and oxygen atoms in total. The number of rotatable bonds is 4. The lowest BCUT2D eigenvalue weighted by molar-refractivity contribution is -0.0846. The van der Waals surface area contributed by atoms with Crippen LogP contribution in [0.2, 0.25) is 0 Å². The topological polar surface area (TPSA) is 88.7 Å². The van der Waals surface area contributed by atoms with Crippen molar-refractivity contribution >= 4 is 24.6 Å². The molecule has 0 aromatic carbocycles. The quantitative estimate of drug-likeness (QED) is 0.602. The first-order valence-electron chi connectivity index (χ1n) is 3.85. The summed E-state index contributed by atoms with van der Waals surface area (Å²) in [5, 5.41) is 4.63. The Morgan fingerprint density at radius 3 is 1.64 bits per heavy atom. The number of hydrogen-bond donors (Lipinski definition) is 3. The van der Waals surface area contributed by atoms with Gasteiger partial charge in [-0.2, -0.15) is 0 Å². The summed E-state index contributed by atoms with van der Waals surface area (Å²) in [6.45, 7) is 4.32. The van der Waals surface area contributed by atoms with Crippen molar-refractivity contribution in [1.82, 2.24) is 16.3 Å². The zero-order valence-corrected chi connectivity index (χ0v) is 8.77. The van der Waals surface area contributed by atoms with Gasteiger partial charge in [-0.15, -0.1) is 12.4 Å².